The highest BCUT2D eigenvalue weighted by Gasteiger charge is 2.06. The highest BCUT2D eigenvalue weighted by molar-refractivity contribution is 5.86. The van der Waals surface area contributed by atoms with Gasteiger partial charge in [-0.3, -0.25) is 0 Å². The average Bonchev–Trinajstić information content (AvgIpc) is 2.42. The van der Waals surface area contributed by atoms with Crippen molar-refractivity contribution < 1.29 is 9.90 Å². The smallest absolute Gasteiger partial charge is 0.338 e. The molecule has 2 heterocycles. The summed E-state index contributed by atoms with van der Waals surface area (Å²) < 4.78 is 1.22. The van der Waals surface area contributed by atoms with E-state index in [-0.39, 0.29) is 17.3 Å². The van der Waals surface area contributed by atoms with E-state index in [0.29, 0.717) is 0 Å². The molecule has 0 saturated carbocycles. The minimum Gasteiger partial charge on any atom is -0.478 e. The minimum absolute atomic E-state index is 0.0393. The molecule has 0 amide bonds. The van der Waals surface area contributed by atoms with Gasteiger partial charge < -0.3 is 10.8 Å². The molecule has 2 aromatic heterocycles. The predicted molar refractivity (Wildman–Crippen MR) is 42.2 cm³/mol. The Morgan fingerprint density at radius 2 is 2.38 bits per heavy atom. The molecule has 0 aliphatic heterocycles. The molecule has 2 aromatic rings. The first-order valence-corrected chi connectivity index (χ1v) is 3.38. The number of fused-ring (bicyclic) bond motifs is 1. The number of carbonyl (C=O) groups is 1. The van der Waals surface area contributed by atoms with Crippen LogP contribution in [0.25, 0.3) is 5.78 Å². The zero-order chi connectivity index (χ0) is 9.42. The van der Waals surface area contributed by atoms with Gasteiger partial charge in [0.1, 0.15) is 0 Å². The quantitative estimate of drug-likeness (QED) is 0.605. The number of aromatic carboxylic acids is 1. The molecule has 13 heavy (non-hydrogen) atoms. The zero-order valence-corrected chi connectivity index (χ0v) is 6.38. The first-order chi connectivity index (χ1) is 6.16. The van der Waals surface area contributed by atoms with Gasteiger partial charge in [-0.1, -0.05) is 0 Å². The van der Waals surface area contributed by atoms with Gasteiger partial charge in [-0.25, -0.2) is 14.3 Å². The molecular weight excluding hydrogens is 174 g/mol. The van der Waals surface area contributed by atoms with Gasteiger partial charge in [-0.15, -0.1) is 5.10 Å². The van der Waals surface area contributed by atoms with E-state index in [1.54, 1.807) is 0 Å². The Morgan fingerprint density at radius 1 is 1.62 bits per heavy atom. The van der Waals surface area contributed by atoms with Crippen LogP contribution in [0.3, 0.4) is 0 Å². The summed E-state index contributed by atoms with van der Waals surface area (Å²) in [6.45, 7) is 0. The molecule has 0 aliphatic rings. The van der Waals surface area contributed by atoms with Crippen molar-refractivity contribution in [2.45, 2.75) is 0 Å². The van der Waals surface area contributed by atoms with Crippen LogP contribution in [0.2, 0.25) is 0 Å². The van der Waals surface area contributed by atoms with E-state index in [4.69, 9.17) is 10.8 Å². The van der Waals surface area contributed by atoms with Crippen LogP contribution in [0.4, 0.5) is 5.95 Å². The second-order valence-electron chi connectivity index (χ2n) is 2.36. The van der Waals surface area contributed by atoms with Gasteiger partial charge in [0.2, 0.25) is 5.95 Å². The fourth-order valence-corrected chi connectivity index (χ4v) is 0.909. The van der Waals surface area contributed by atoms with Crippen LogP contribution >= 0.6 is 0 Å². The lowest BCUT2D eigenvalue weighted by Crippen LogP contribution is -2.01. The number of nitrogen functional groups attached to an aromatic ring is 1. The zero-order valence-electron chi connectivity index (χ0n) is 6.38. The number of nitrogens with zero attached hydrogens (tertiary/aromatic N) is 4. The SMILES string of the molecule is Nc1nc2ncc(C(=O)O)cn2n1. The standard InChI is InChI=1S/C6H5N5O2/c7-5-9-6-8-1-3(4(12)13)2-11(6)10-5/h1-2H,(H2,7,10)(H,12,13). The van der Waals surface area contributed by atoms with Crippen molar-refractivity contribution in [1.29, 1.82) is 0 Å². The summed E-state index contributed by atoms with van der Waals surface area (Å²) >= 11 is 0. The van der Waals surface area contributed by atoms with Crippen LogP contribution in [0, 0.1) is 0 Å². The largest absolute Gasteiger partial charge is 0.478 e. The maximum atomic E-state index is 10.5. The fraction of sp³-hybridized carbons (Fsp3) is 0. The molecule has 0 aromatic carbocycles. The van der Waals surface area contributed by atoms with Crippen molar-refractivity contribution in [2.75, 3.05) is 5.73 Å². The number of carboxylic acid groups (broad SMARTS) is 1. The van der Waals surface area contributed by atoms with Crippen LogP contribution in [0.5, 0.6) is 0 Å². The lowest BCUT2D eigenvalue weighted by Gasteiger charge is -1.92. The number of carboxylic acids is 1. The topological polar surface area (TPSA) is 106 Å². The molecule has 2 rings (SSSR count). The van der Waals surface area contributed by atoms with Crippen LogP contribution in [0.1, 0.15) is 10.4 Å². The Kier molecular flexibility index (Phi) is 1.38. The highest BCUT2D eigenvalue weighted by atomic mass is 16.4. The normalized spacial score (nSPS) is 10.5. The number of hydrogen-bond donors (Lipinski definition) is 2. The van der Waals surface area contributed by atoms with Gasteiger partial charge in [0.05, 0.1) is 5.56 Å². The van der Waals surface area contributed by atoms with Crippen molar-refractivity contribution >= 4 is 17.7 Å². The number of hydrogen-bond acceptors (Lipinski definition) is 5. The van der Waals surface area contributed by atoms with Crippen molar-refractivity contribution in [1.82, 2.24) is 19.6 Å². The summed E-state index contributed by atoms with van der Waals surface area (Å²) in [5.74, 6) is -0.721. The van der Waals surface area contributed by atoms with Crippen molar-refractivity contribution in [3.8, 4) is 0 Å². The molecule has 0 bridgehead atoms. The van der Waals surface area contributed by atoms with E-state index in [2.05, 4.69) is 15.1 Å². The highest BCUT2D eigenvalue weighted by Crippen LogP contribution is 2.01. The molecule has 0 spiro atoms. The van der Waals surface area contributed by atoms with E-state index in [1.807, 2.05) is 0 Å². The fourth-order valence-electron chi connectivity index (χ4n) is 0.909. The summed E-state index contributed by atoms with van der Waals surface area (Å²) in [5.41, 5.74) is 5.33. The van der Waals surface area contributed by atoms with Gasteiger partial charge >= 0.3 is 5.97 Å². The van der Waals surface area contributed by atoms with E-state index >= 15 is 0 Å². The summed E-state index contributed by atoms with van der Waals surface area (Å²) in [6, 6.07) is 0. The van der Waals surface area contributed by atoms with E-state index < -0.39 is 5.97 Å². The maximum Gasteiger partial charge on any atom is 0.338 e. The lowest BCUT2D eigenvalue weighted by molar-refractivity contribution is 0.0695. The lowest BCUT2D eigenvalue weighted by atomic mass is 10.4. The molecular formula is C6H5N5O2. The third-order valence-corrected chi connectivity index (χ3v) is 1.46. The molecule has 7 nitrogen and oxygen atoms in total. The molecule has 0 aliphatic carbocycles. The first-order valence-electron chi connectivity index (χ1n) is 3.38. The molecule has 3 N–H and O–H groups in total. The molecule has 0 radical (unpaired) electrons. The van der Waals surface area contributed by atoms with Crippen LogP contribution in [-0.2, 0) is 0 Å². The number of nitrogens with two attached hydrogens (primary N) is 1. The van der Waals surface area contributed by atoms with Crippen molar-refractivity contribution in [3.05, 3.63) is 18.0 Å². The van der Waals surface area contributed by atoms with Gasteiger partial charge in [0.25, 0.3) is 5.78 Å². The molecule has 66 valence electrons. The van der Waals surface area contributed by atoms with Crippen LogP contribution < -0.4 is 5.73 Å². The third-order valence-electron chi connectivity index (χ3n) is 1.46. The van der Waals surface area contributed by atoms with Crippen molar-refractivity contribution in [2.24, 2.45) is 0 Å². The molecule has 0 unspecified atom stereocenters. The Labute approximate surface area is 71.8 Å². The number of rotatable bonds is 1. The number of anilines is 1. The minimum atomic E-state index is -1.07. The van der Waals surface area contributed by atoms with Gasteiger partial charge in [-0.2, -0.15) is 4.98 Å². The van der Waals surface area contributed by atoms with E-state index in [1.165, 1.54) is 16.9 Å². The Hall–Kier alpha value is -2.18. The molecule has 7 heteroatoms. The molecule has 0 saturated heterocycles. The first kappa shape index (κ1) is 7.47. The summed E-state index contributed by atoms with van der Waals surface area (Å²) in [6.07, 6.45) is 2.50. The van der Waals surface area contributed by atoms with E-state index in [0.717, 1.165) is 0 Å². The predicted octanol–water partition coefficient (Wildman–Crippen LogP) is -0.595. The van der Waals surface area contributed by atoms with Crippen molar-refractivity contribution in [3.63, 3.8) is 0 Å². The summed E-state index contributed by atoms with van der Waals surface area (Å²) in [4.78, 5) is 18.0. The van der Waals surface area contributed by atoms with Gasteiger partial charge in [0.15, 0.2) is 0 Å². The Balaban J connectivity index is 2.67. The van der Waals surface area contributed by atoms with Crippen LogP contribution in [-0.4, -0.2) is 30.7 Å². The van der Waals surface area contributed by atoms with Crippen LogP contribution in [0.15, 0.2) is 12.4 Å². The van der Waals surface area contributed by atoms with E-state index in [9.17, 15) is 4.79 Å². The summed E-state index contributed by atoms with van der Waals surface area (Å²) in [7, 11) is 0. The monoisotopic (exact) mass is 179 g/mol. The Bertz CT molecular complexity index is 477. The third kappa shape index (κ3) is 1.15. The molecule has 0 atom stereocenters. The average molecular weight is 179 g/mol. The Morgan fingerprint density at radius 3 is 3.08 bits per heavy atom. The van der Waals surface area contributed by atoms with Gasteiger partial charge in [-0.05, 0) is 0 Å². The summed E-state index contributed by atoms with van der Waals surface area (Å²) in [5, 5.41) is 12.3. The molecule has 0 fully saturated rings. The second-order valence-corrected chi connectivity index (χ2v) is 2.36. The van der Waals surface area contributed by atoms with Gasteiger partial charge in [0, 0.05) is 12.4 Å². The second kappa shape index (κ2) is 2.41. The maximum absolute atomic E-state index is 10.5. The number of aromatic nitrogens is 4.